The number of nitrogen functional groups attached to an aromatic ring is 1. The molecule has 0 fully saturated rings. The van der Waals surface area contributed by atoms with E-state index in [1.54, 1.807) is 18.4 Å². The molecule has 0 saturated heterocycles. The Hall–Kier alpha value is -1.61. The van der Waals surface area contributed by atoms with Gasteiger partial charge < -0.3 is 11.1 Å². The van der Waals surface area contributed by atoms with Crippen molar-refractivity contribution in [1.82, 2.24) is 4.98 Å². The Kier molecular flexibility index (Phi) is 4.91. The van der Waals surface area contributed by atoms with Crippen LogP contribution in [0.3, 0.4) is 0 Å². The molecule has 1 aromatic heterocycles. The van der Waals surface area contributed by atoms with E-state index in [-0.39, 0.29) is 11.7 Å². The molecule has 17 heavy (non-hydrogen) atoms. The zero-order valence-electron chi connectivity index (χ0n) is 9.93. The predicted molar refractivity (Wildman–Crippen MR) is 70.0 cm³/mol. The molecule has 1 aromatic rings. The fraction of sp³-hybridized carbons (Fsp3) is 0.455. The van der Waals surface area contributed by atoms with Crippen molar-refractivity contribution in [1.29, 1.82) is 5.26 Å². The van der Waals surface area contributed by atoms with Crippen LogP contribution in [0.15, 0.2) is 12.1 Å². The van der Waals surface area contributed by atoms with Gasteiger partial charge in [-0.1, -0.05) is 0 Å². The number of anilines is 2. The number of aromatic nitrogens is 1. The van der Waals surface area contributed by atoms with Crippen molar-refractivity contribution in [3.8, 4) is 6.07 Å². The number of nitrogens with one attached hydrogen (secondary N) is 1. The second-order valence-corrected chi connectivity index (χ2v) is 5.41. The summed E-state index contributed by atoms with van der Waals surface area (Å²) >= 11 is 0. The maximum atomic E-state index is 11.0. The van der Waals surface area contributed by atoms with Crippen LogP contribution in [0.5, 0.6) is 0 Å². The fourth-order valence-electron chi connectivity index (χ4n) is 1.31. The molecule has 1 heterocycles. The topological polar surface area (TPSA) is 91.8 Å². The minimum absolute atomic E-state index is 0.154. The molecule has 0 radical (unpaired) electrons. The highest BCUT2D eigenvalue weighted by atomic mass is 32.2. The molecule has 0 spiro atoms. The lowest BCUT2D eigenvalue weighted by Crippen LogP contribution is -2.18. The zero-order valence-corrected chi connectivity index (χ0v) is 10.8. The van der Waals surface area contributed by atoms with Gasteiger partial charge in [-0.3, -0.25) is 4.21 Å². The van der Waals surface area contributed by atoms with Crippen molar-refractivity contribution in [2.45, 2.75) is 19.4 Å². The molecule has 0 amide bonds. The minimum atomic E-state index is -0.787. The van der Waals surface area contributed by atoms with Gasteiger partial charge in [0.2, 0.25) is 0 Å². The number of rotatable bonds is 5. The lowest BCUT2D eigenvalue weighted by molar-refractivity contribution is 0.678. The molecule has 6 heteroatoms. The van der Waals surface area contributed by atoms with Gasteiger partial charge in [-0.15, -0.1) is 0 Å². The Morgan fingerprint density at radius 1 is 1.65 bits per heavy atom. The maximum Gasteiger partial charge on any atom is 0.165 e. The van der Waals surface area contributed by atoms with Crippen LogP contribution in [0.2, 0.25) is 0 Å². The Balaban J connectivity index is 2.63. The summed E-state index contributed by atoms with van der Waals surface area (Å²) in [6, 6.07) is 5.47. The number of hydrogen-bond acceptors (Lipinski definition) is 5. The third kappa shape index (κ3) is 4.41. The van der Waals surface area contributed by atoms with Gasteiger partial charge in [0.1, 0.15) is 11.9 Å². The maximum absolute atomic E-state index is 11.0. The van der Waals surface area contributed by atoms with E-state index in [2.05, 4.69) is 10.3 Å². The van der Waals surface area contributed by atoms with Gasteiger partial charge in [-0.05, 0) is 25.5 Å². The second-order valence-electron chi connectivity index (χ2n) is 3.86. The molecule has 3 N–H and O–H groups in total. The van der Waals surface area contributed by atoms with E-state index in [0.717, 1.165) is 6.42 Å². The lowest BCUT2D eigenvalue weighted by atomic mass is 10.2. The lowest BCUT2D eigenvalue weighted by Gasteiger charge is -2.14. The largest absolute Gasteiger partial charge is 0.396 e. The average Bonchev–Trinajstić information content (AvgIpc) is 2.29. The van der Waals surface area contributed by atoms with Crippen LogP contribution in [0, 0.1) is 11.3 Å². The Labute approximate surface area is 103 Å². The summed E-state index contributed by atoms with van der Waals surface area (Å²) in [4.78, 5) is 4.08. The molecule has 2 atom stereocenters. The number of hydrogen-bond donors (Lipinski definition) is 2. The summed E-state index contributed by atoms with van der Waals surface area (Å²) in [5.74, 6) is 1.26. The molecule has 0 aromatic carbocycles. The Morgan fingerprint density at radius 2 is 2.35 bits per heavy atom. The monoisotopic (exact) mass is 252 g/mol. The highest BCUT2D eigenvalue weighted by Gasteiger charge is 2.06. The molecule has 5 nitrogen and oxygen atoms in total. The van der Waals surface area contributed by atoms with E-state index in [4.69, 9.17) is 11.0 Å². The summed E-state index contributed by atoms with van der Waals surface area (Å²) in [6.07, 6.45) is 2.47. The third-order valence-electron chi connectivity index (χ3n) is 2.26. The van der Waals surface area contributed by atoms with Crippen molar-refractivity contribution in [3.05, 3.63) is 17.8 Å². The summed E-state index contributed by atoms with van der Waals surface area (Å²) in [7, 11) is -0.787. The predicted octanol–water partition coefficient (Wildman–Crippen LogP) is 1.10. The van der Waals surface area contributed by atoms with Gasteiger partial charge in [0.25, 0.3) is 0 Å². The summed E-state index contributed by atoms with van der Waals surface area (Å²) in [5.41, 5.74) is 6.17. The Morgan fingerprint density at radius 3 is 2.94 bits per heavy atom. The summed E-state index contributed by atoms with van der Waals surface area (Å²) < 4.78 is 11.0. The van der Waals surface area contributed by atoms with Crippen LogP contribution < -0.4 is 11.1 Å². The fourth-order valence-corrected chi connectivity index (χ4v) is 1.99. The van der Waals surface area contributed by atoms with E-state index in [0.29, 0.717) is 17.3 Å². The zero-order chi connectivity index (χ0) is 12.8. The standard InChI is InChI=1S/C11H16N4OS/c1-8(5-6-17(2)16)14-11-4-3-9(13)10(7-12)15-11/h3-4,8H,5-6,13H2,1-2H3,(H,14,15). The van der Waals surface area contributed by atoms with Crippen LogP contribution in [0.4, 0.5) is 11.5 Å². The van der Waals surface area contributed by atoms with Crippen LogP contribution in [-0.4, -0.2) is 27.2 Å². The highest BCUT2D eigenvalue weighted by Crippen LogP contribution is 2.13. The minimum Gasteiger partial charge on any atom is -0.396 e. The molecular formula is C11H16N4OS. The van der Waals surface area contributed by atoms with Gasteiger partial charge in [0.05, 0.1) is 5.69 Å². The Bertz CT molecular complexity index is 455. The molecule has 0 aliphatic heterocycles. The average molecular weight is 252 g/mol. The molecule has 0 bridgehead atoms. The number of pyridine rings is 1. The molecular weight excluding hydrogens is 236 g/mol. The molecule has 0 saturated carbocycles. The summed E-state index contributed by atoms with van der Waals surface area (Å²) in [6.45, 7) is 1.98. The van der Waals surface area contributed by atoms with Gasteiger partial charge in [0.15, 0.2) is 5.69 Å². The van der Waals surface area contributed by atoms with Crippen LogP contribution >= 0.6 is 0 Å². The van der Waals surface area contributed by atoms with Crippen molar-refractivity contribution in [2.75, 3.05) is 23.1 Å². The molecule has 0 aliphatic carbocycles. The smallest absolute Gasteiger partial charge is 0.165 e. The molecule has 1 rings (SSSR count). The van der Waals surface area contributed by atoms with E-state index in [1.165, 1.54) is 0 Å². The first kappa shape index (κ1) is 13.5. The molecule has 0 aliphatic rings. The van der Waals surface area contributed by atoms with Crippen molar-refractivity contribution < 1.29 is 4.21 Å². The van der Waals surface area contributed by atoms with Gasteiger partial charge in [0, 0.05) is 28.9 Å². The van der Waals surface area contributed by atoms with Gasteiger partial charge in [-0.25, -0.2) is 4.98 Å². The van der Waals surface area contributed by atoms with Crippen molar-refractivity contribution in [2.24, 2.45) is 0 Å². The van der Waals surface area contributed by atoms with Gasteiger partial charge >= 0.3 is 0 Å². The first-order valence-electron chi connectivity index (χ1n) is 5.26. The number of nitrogens with two attached hydrogens (primary N) is 1. The van der Waals surface area contributed by atoms with Gasteiger partial charge in [-0.2, -0.15) is 5.26 Å². The second kappa shape index (κ2) is 6.21. The van der Waals surface area contributed by atoms with Crippen LogP contribution in [0.25, 0.3) is 0 Å². The normalized spacial score (nSPS) is 13.7. The summed E-state index contributed by atoms with van der Waals surface area (Å²) in [5, 5.41) is 11.9. The number of nitrogens with zero attached hydrogens (tertiary/aromatic N) is 2. The highest BCUT2D eigenvalue weighted by molar-refractivity contribution is 7.84. The van der Waals surface area contributed by atoms with E-state index >= 15 is 0 Å². The third-order valence-corrected chi connectivity index (χ3v) is 3.08. The van der Waals surface area contributed by atoms with Crippen molar-refractivity contribution in [3.63, 3.8) is 0 Å². The van der Waals surface area contributed by atoms with E-state index < -0.39 is 10.8 Å². The first-order valence-corrected chi connectivity index (χ1v) is 6.99. The first-order chi connectivity index (χ1) is 8.02. The molecule has 2 unspecified atom stereocenters. The van der Waals surface area contributed by atoms with Crippen LogP contribution in [0.1, 0.15) is 19.0 Å². The quantitative estimate of drug-likeness (QED) is 0.818. The molecule has 92 valence electrons. The van der Waals surface area contributed by atoms with Crippen molar-refractivity contribution >= 4 is 22.3 Å². The number of nitriles is 1. The SMILES string of the molecule is CC(CCS(C)=O)Nc1ccc(N)c(C#N)n1. The van der Waals surface area contributed by atoms with E-state index in [1.807, 2.05) is 13.0 Å². The van der Waals surface area contributed by atoms with E-state index in [9.17, 15) is 4.21 Å². The van der Waals surface area contributed by atoms with Crippen LogP contribution in [-0.2, 0) is 10.8 Å².